The van der Waals surface area contributed by atoms with Crippen LogP contribution in [-0.4, -0.2) is 6.21 Å². The lowest BCUT2D eigenvalue weighted by atomic mass is 10.2. The van der Waals surface area contributed by atoms with Gasteiger partial charge in [-0.1, -0.05) is 44.2 Å². The average Bonchev–Trinajstić information content (AvgIpc) is 2.68. The van der Waals surface area contributed by atoms with Crippen LogP contribution in [0.3, 0.4) is 0 Å². The second-order valence-corrected chi connectivity index (χ2v) is 3.05. The van der Waals surface area contributed by atoms with E-state index in [1.54, 1.807) is 18.6 Å². The van der Waals surface area contributed by atoms with Crippen molar-refractivity contribution in [1.29, 1.82) is 0 Å². The second kappa shape index (κ2) is 8.16. The molecule has 1 aliphatic rings. The van der Waals surface area contributed by atoms with Crippen LogP contribution in [0.4, 0.5) is 0 Å². The highest BCUT2D eigenvalue weighted by Crippen LogP contribution is 2.06. The molecule has 0 amide bonds. The summed E-state index contributed by atoms with van der Waals surface area (Å²) in [6.45, 7) is 4.56. The fourth-order valence-corrected chi connectivity index (χ4v) is 1.19. The van der Waals surface area contributed by atoms with Gasteiger partial charge in [-0.3, -0.25) is 0 Å². The van der Waals surface area contributed by atoms with Gasteiger partial charge in [0.25, 0.3) is 0 Å². The van der Waals surface area contributed by atoms with Crippen molar-refractivity contribution in [3.8, 4) is 0 Å². The lowest BCUT2D eigenvalue weighted by Gasteiger charge is -2.04. The van der Waals surface area contributed by atoms with Crippen molar-refractivity contribution in [3.63, 3.8) is 0 Å². The Morgan fingerprint density at radius 3 is 2.71 bits per heavy atom. The van der Waals surface area contributed by atoms with Crippen LogP contribution in [0.15, 0.2) is 54.5 Å². The SMILES string of the molecule is C1=CC(OCc2ccccc2)=CC=[NH+]O1.CC. The average molecular weight is 232 g/mol. The maximum absolute atomic E-state index is 5.57. The molecule has 3 heteroatoms. The van der Waals surface area contributed by atoms with Gasteiger partial charge in [-0.25, -0.2) is 4.84 Å². The van der Waals surface area contributed by atoms with E-state index in [1.165, 1.54) is 0 Å². The molecule has 0 atom stereocenters. The quantitative estimate of drug-likeness (QED) is 0.860. The molecule has 0 aliphatic carbocycles. The number of benzene rings is 1. The normalized spacial score (nSPS) is 12.7. The minimum Gasteiger partial charge on any atom is -0.489 e. The van der Waals surface area contributed by atoms with Gasteiger partial charge in [0.2, 0.25) is 6.21 Å². The largest absolute Gasteiger partial charge is 0.489 e. The third-order valence-corrected chi connectivity index (χ3v) is 1.93. The monoisotopic (exact) mass is 232 g/mol. The van der Waals surface area contributed by atoms with Crippen LogP contribution in [0.1, 0.15) is 19.4 Å². The van der Waals surface area contributed by atoms with Gasteiger partial charge >= 0.3 is 0 Å². The molecule has 90 valence electrons. The number of nitrogens with one attached hydrogen (secondary N) is 1. The molecular formula is C14H18NO2+. The molecular weight excluding hydrogens is 214 g/mol. The summed E-state index contributed by atoms with van der Waals surface area (Å²) in [7, 11) is 0. The molecule has 1 N–H and O–H groups in total. The molecule has 0 bridgehead atoms. The fourth-order valence-electron chi connectivity index (χ4n) is 1.19. The van der Waals surface area contributed by atoms with Gasteiger partial charge in [-0.15, -0.1) is 0 Å². The third kappa shape index (κ3) is 5.02. The Kier molecular flexibility index (Phi) is 6.26. The first-order valence-corrected chi connectivity index (χ1v) is 5.73. The van der Waals surface area contributed by atoms with Crippen LogP contribution in [0.2, 0.25) is 0 Å². The van der Waals surface area contributed by atoms with E-state index in [9.17, 15) is 0 Å². The van der Waals surface area contributed by atoms with E-state index >= 15 is 0 Å². The summed E-state index contributed by atoms with van der Waals surface area (Å²) in [6, 6.07) is 10.0. The summed E-state index contributed by atoms with van der Waals surface area (Å²) in [5.74, 6) is 0.767. The molecule has 0 radical (unpaired) electrons. The Hall–Kier alpha value is -2.03. The summed E-state index contributed by atoms with van der Waals surface area (Å²) < 4.78 is 5.57. The molecule has 1 aromatic rings. The molecule has 0 saturated heterocycles. The number of rotatable bonds is 3. The third-order valence-electron chi connectivity index (χ3n) is 1.93. The Morgan fingerprint density at radius 2 is 1.94 bits per heavy atom. The summed E-state index contributed by atoms with van der Waals surface area (Å²) in [5.41, 5.74) is 1.14. The smallest absolute Gasteiger partial charge is 0.217 e. The van der Waals surface area contributed by atoms with E-state index in [0.29, 0.717) is 6.61 Å². The molecule has 3 nitrogen and oxygen atoms in total. The summed E-state index contributed by atoms with van der Waals surface area (Å²) in [5, 5.41) is 2.61. The number of hydrogen-bond donors (Lipinski definition) is 1. The van der Waals surface area contributed by atoms with Crippen LogP contribution < -0.4 is 5.16 Å². The predicted molar refractivity (Wildman–Crippen MR) is 67.9 cm³/mol. The zero-order valence-corrected chi connectivity index (χ0v) is 10.2. The Labute approximate surface area is 102 Å². The first-order chi connectivity index (χ1) is 8.45. The summed E-state index contributed by atoms with van der Waals surface area (Å²) >= 11 is 0. The molecule has 0 fully saturated rings. The maximum atomic E-state index is 5.57. The van der Waals surface area contributed by atoms with Gasteiger partial charge in [0.15, 0.2) is 6.26 Å². The van der Waals surface area contributed by atoms with E-state index < -0.39 is 0 Å². The summed E-state index contributed by atoms with van der Waals surface area (Å²) in [6.07, 6.45) is 6.80. The van der Waals surface area contributed by atoms with Gasteiger partial charge in [0.1, 0.15) is 12.4 Å². The molecule has 0 unspecified atom stereocenters. The molecule has 17 heavy (non-hydrogen) atoms. The van der Waals surface area contributed by atoms with E-state index in [0.717, 1.165) is 11.3 Å². The topological polar surface area (TPSA) is 32.4 Å². The molecule has 1 heterocycles. The van der Waals surface area contributed by atoms with Crippen molar-refractivity contribution >= 4 is 6.21 Å². The van der Waals surface area contributed by atoms with Gasteiger partial charge < -0.3 is 4.74 Å². The van der Waals surface area contributed by atoms with Crippen LogP contribution >= 0.6 is 0 Å². The van der Waals surface area contributed by atoms with Crippen LogP contribution in [0.25, 0.3) is 0 Å². The van der Waals surface area contributed by atoms with Crippen LogP contribution in [-0.2, 0) is 16.2 Å². The van der Waals surface area contributed by atoms with Crippen molar-refractivity contribution in [2.24, 2.45) is 0 Å². The minimum absolute atomic E-state index is 0.560. The first kappa shape index (κ1) is 13.0. The van der Waals surface area contributed by atoms with E-state index in [1.807, 2.05) is 50.3 Å². The molecule has 1 aromatic carbocycles. The highest BCUT2D eigenvalue weighted by Gasteiger charge is 1.98. The Morgan fingerprint density at radius 1 is 1.18 bits per heavy atom. The molecule has 0 aromatic heterocycles. The molecule has 1 aliphatic heterocycles. The van der Waals surface area contributed by atoms with E-state index in [-0.39, 0.29) is 0 Å². The standard InChI is InChI=1S/C12H11NO2.C2H6/c1-2-4-11(5-3-1)10-14-12-6-8-13-15-9-7-12;1-2/h1-9H,10H2;1-2H3/p+1. The molecule has 0 saturated carbocycles. The van der Waals surface area contributed by atoms with Gasteiger partial charge in [-0.05, 0) is 10.7 Å². The minimum atomic E-state index is 0.560. The van der Waals surface area contributed by atoms with Gasteiger partial charge in [0, 0.05) is 12.2 Å². The predicted octanol–water partition coefficient (Wildman–Crippen LogP) is 1.72. The number of hydrogen-bond acceptors (Lipinski definition) is 2. The van der Waals surface area contributed by atoms with Gasteiger partial charge in [-0.2, -0.15) is 0 Å². The van der Waals surface area contributed by atoms with Crippen LogP contribution in [0.5, 0.6) is 0 Å². The lowest BCUT2D eigenvalue weighted by Crippen LogP contribution is -2.65. The van der Waals surface area contributed by atoms with E-state index in [4.69, 9.17) is 9.57 Å². The first-order valence-electron chi connectivity index (χ1n) is 5.73. The lowest BCUT2D eigenvalue weighted by molar-refractivity contribution is -0.727. The highest BCUT2D eigenvalue weighted by molar-refractivity contribution is 5.66. The van der Waals surface area contributed by atoms with Crippen molar-refractivity contribution in [3.05, 3.63) is 60.1 Å². The fraction of sp³-hybridized carbons (Fsp3) is 0.214. The van der Waals surface area contributed by atoms with Crippen molar-refractivity contribution in [1.82, 2.24) is 0 Å². The number of allylic oxidation sites excluding steroid dienone is 2. The van der Waals surface area contributed by atoms with E-state index in [2.05, 4.69) is 5.16 Å². The zero-order valence-electron chi connectivity index (χ0n) is 10.2. The van der Waals surface area contributed by atoms with Crippen molar-refractivity contribution in [2.45, 2.75) is 20.5 Å². The van der Waals surface area contributed by atoms with Gasteiger partial charge in [0.05, 0.1) is 0 Å². The zero-order chi connectivity index (χ0) is 12.3. The Bertz CT molecular complexity index is 394. The Balaban J connectivity index is 0.000000686. The maximum Gasteiger partial charge on any atom is 0.217 e. The molecule has 0 spiro atoms. The number of ether oxygens (including phenoxy) is 1. The van der Waals surface area contributed by atoms with Crippen molar-refractivity contribution < 1.29 is 14.7 Å². The second-order valence-electron chi connectivity index (χ2n) is 3.05. The highest BCUT2D eigenvalue weighted by atomic mass is 16.6. The van der Waals surface area contributed by atoms with Crippen molar-refractivity contribution in [2.75, 3.05) is 0 Å². The summed E-state index contributed by atoms with van der Waals surface area (Å²) in [4.78, 5) is 4.86. The molecule has 2 rings (SSSR count). The van der Waals surface area contributed by atoms with Crippen LogP contribution in [0, 0.1) is 0 Å².